The third kappa shape index (κ3) is 5.98. The summed E-state index contributed by atoms with van der Waals surface area (Å²) in [5.41, 5.74) is 0.348. The second kappa shape index (κ2) is 9.77. The summed E-state index contributed by atoms with van der Waals surface area (Å²) in [6.07, 6.45) is 1.05. The summed E-state index contributed by atoms with van der Waals surface area (Å²) in [6, 6.07) is 14.4. The Labute approximate surface area is 165 Å². The van der Waals surface area contributed by atoms with Crippen LogP contribution in [0.1, 0.15) is 12.8 Å². The molecule has 0 fully saturated rings. The van der Waals surface area contributed by atoms with Gasteiger partial charge in [0.2, 0.25) is 15.9 Å². The van der Waals surface area contributed by atoms with Gasteiger partial charge >= 0.3 is 0 Å². The van der Waals surface area contributed by atoms with Crippen molar-refractivity contribution in [1.82, 2.24) is 4.31 Å². The molecule has 0 saturated heterocycles. The average molecular weight is 409 g/mol. The van der Waals surface area contributed by atoms with Gasteiger partial charge in [-0.15, -0.1) is 11.8 Å². The zero-order valence-corrected chi connectivity index (χ0v) is 17.3. The molecule has 0 bridgehead atoms. The molecule has 0 unspecified atom stereocenters. The van der Waals surface area contributed by atoms with Crippen LogP contribution in [0.4, 0.5) is 5.69 Å². The number of nitrogens with zero attached hydrogens (tertiary/aromatic N) is 1. The van der Waals surface area contributed by atoms with E-state index in [0.717, 1.165) is 10.1 Å². The maximum atomic E-state index is 12.3. The number of hydrogen-bond donors (Lipinski definition) is 1. The van der Waals surface area contributed by atoms with Crippen LogP contribution < -0.4 is 10.1 Å². The third-order valence-corrected chi connectivity index (χ3v) is 6.69. The monoisotopic (exact) mass is 408 g/mol. The van der Waals surface area contributed by atoms with E-state index in [1.165, 1.54) is 44.3 Å². The standard InChI is InChI=1S/C19H24N2O4S2/c1-21(2)27(23,24)16-11-12-18(25-3)17(14-16)20-19(22)10-7-13-26-15-8-5-4-6-9-15/h4-6,8-9,11-12,14H,7,10,13H2,1-3H3,(H,20,22). The summed E-state index contributed by atoms with van der Waals surface area (Å²) in [6.45, 7) is 0. The van der Waals surface area contributed by atoms with Crippen LogP contribution in [0, 0.1) is 0 Å². The predicted octanol–water partition coefficient (Wildman–Crippen LogP) is 3.46. The van der Waals surface area contributed by atoms with Crippen LogP contribution in [0.2, 0.25) is 0 Å². The lowest BCUT2D eigenvalue weighted by molar-refractivity contribution is -0.116. The van der Waals surface area contributed by atoms with Crippen LogP contribution >= 0.6 is 11.8 Å². The molecular formula is C19H24N2O4S2. The number of thioether (sulfide) groups is 1. The lowest BCUT2D eigenvalue weighted by atomic mass is 10.2. The lowest BCUT2D eigenvalue weighted by Crippen LogP contribution is -2.22. The van der Waals surface area contributed by atoms with Crippen molar-refractivity contribution < 1.29 is 17.9 Å². The molecule has 0 radical (unpaired) electrons. The smallest absolute Gasteiger partial charge is 0.242 e. The van der Waals surface area contributed by atoms with Gasteiger partial charge in [0.25, 0.3) is 0 Å². The van der Waals surface area contributed by atoms with Gasteiger partial charge in [0, 0.05) is 25.4 Å². The molecule has 2 aromatic rings. The maximum absolute atomic E-state index is 12.3. The van der Waals surface area contributed by atoms with E-state index in [1.807, 2.05) is 30.3 Å². The molecule has 0 atom stereocenters. The molecule has 0 aliphatic heterocycles. The normalized spacial score (nSPS) is 11.4. The SMILES string of the molecule is COc1ccc(S(=O)(=O)N(C)C)cc1NC(=O)CCCSc1ccccc1. The second-order valence-electron chi connectivity index (χ2n) is 5.96. The highest BCUT2D eigenvalue weighted by Crippen LogP contribution is 2.28. The first-order valence-electron chi connectivity index (χ1n) is 8.43. The van der Waals surface area contributed by atoms with Crippen molar-refractivity contribution in [3.63, 3.8) is 0 Å². The van der Waals surface area contributed by atoms with Gasteiger partial charge in [-0.3, -0.25) is 4.79 Å². The Balaban J connectivity index is 1.97. The van der Waals surface area contributed by atoms with Gasteiger partial charge in [-0.25, -0.2) is 12.7 Å². The van der Waals surface area contributed by atoms with Crippen LogP contribution in [0.3, 0.4) is 0 Å². The van der Waals surface area contributed by atoms with Gasteiger partial charge < -0.3 is 10.1 Å². The third-order valence-electron chi connectivity index (χ3n) is 3.78. The van der Waals surface area contributed by atoms with Crippen LogP contribution in [0.5, 0.6) is 5.75 Å². The molecule has 0 aliphatic carbocycles. The van der Waals surface area contributed by atoms with Gasteiger partial charge in [0.05, 0.1) is 17.7 Å². The van der Waals surface area contributed by atoms with Crippen LogP contribution in [0.15, 0.2) is 58.3 Å². The van der Waals surface area contributed by atoms with Crippen molar-refractivity contribution >= 4 is 33.4 Å². The van der Waals surface area contributed by atoms with Crippen molar-refractivity contribution in [3.05, 3.63) is 48.5 Å². The number of carbonyl (C=O) groups is 1. The van der Waals surface area contributed by atoms with E-state index in [4.69, 9.17) is 4.74 Å². The second-order valence-corrected chi connectivity index (χ2v) is 9.28. The van der Waals surface area contributed by atoms with Gasteiger partial charge in [0.1, 0.15) is 5.75 Å². The van der Waals surface area contributed by atoms with Gasteiger partial charge in [-0.1, -0.05) is 18.2 Å². The predicted molar refractivity (Wildman–Crippen MR) is 109 cm³/mol. The molecule has 6 nitrogen and oxygen atoms in total. The van der Waals surface area contributed by atoms with Gasteiger partial charge in [-0.05, 0) is 42.5 Å². The summed E-state index contributed by atoms with van der Waals surface area (Å²) in [5, 5.41) is 2.76. The topological polar surface area (TPSA) is 75.7 Å². The minimum atomic E-state index is -3.59. The van der Waals surface area contributed by atoms with Gasteiger partial charge in [0.15, 0.2) is 0 Å². The molecule has 2 aromatic carbocycles. The zero-order chi connectivity index (χ0) is 19.9. The summed E-state index contributed by atoms with van der Waals surface area (Å²) < 4.78 is 30.9. The summed E-state index contributed by atoms with van der Waals surface area (Å²) >= 11 is 1.70. The first-order chi connectivity index (χ1) is 12.8. The minimum Gasteiger partial charge on any atom is -0.495 e. The highest BCUT2D eigenvalue weighted by Gasteiger charge is 2.19. The van der Waals surface area contributed by atoms with E-state index >= 15 is 0 Å². The highest BCUT2D eigenvalue weighted by atomic mass is 32.2. The maximum Gasteiger partial charge on any atom is 0.242 e. The molecule has 0 aromatic heterocycles. The van der Waals surface area contributed by atoms with Crippen molar-refractivity contribution in [2.24, 2.45) is 0 Å². The number of nitrogens with one attached hydrogen (secondary N) is 1. The van der Waals surface area contributed by atoms with Crippen molar-refractivity contribution in [2.75, 3.05) is 32.3 Å². The molecule has 0 saturated carbocycles. The van der Waals surface area contributed by atoms with E-state index in [-0.39, 0.29) is 10.8 Å². The summed E-state index contributed by atoms with van der Waals surface area (Å²) in [5.74, 6) is 1.06. The number of sulfonamides is 1. The zero-order valence-electron chi connectivity index (χ0n) is 15.6. The summed E-state index contributed by atoms with van der Waals surface area (Å²) in [4.78, 5) is 13.5. The number of carbonyl (C=O) groups excluding carboxylic acids is 1. The highest BCUT2D eigenvalue weighted by molar-refractivity contribution is 7.99. The number of ether oxygens (including phenoxy) is 1. The number of anilines is 1. The molecule has 1 amide bonds. The van der Waals surface area contributed by atoms with E-state index in [9.17, 15) is 13.2 Å². The van der Waals surface area contributed by atoms with E-state index in [2.05, 4.69) is 5.32 Å². The molecule has 8 heteroatoms. The summed E-state index contributed by atoms with van der Waals surface area (Å²) in [7, 11) is 0.806. The van der Waals surface area contributed by atoms with Crippen LogP contribution in [0.25, 0.3) is 0 Å². The van der Waals surface area contributed by atoms with Crippen LogP contribution in [-0.4, -0.2) is 45.6 Å². The number of benzene rings is 2. The Hall–Kier alpha value is -2.03. The Morgan fingerprint density at radius 3 is 2.48 bits per heavy atom. The molecule has 1 N–H and O–H groups in total. The molecule has 0 aliphatic rings. The Bertz CT molecular complexity index is 869. The minimum absolute atomic E-state index is 0.100. The first kappa shape index (κ1) is 21.3. The lowest BCUT2D eigenvalue weighted by Gasteiger charge is -2.15. The van der Waals surface area contributed by atoms with Crippen molar-refractivity contribution in [3.8, 4) is 5.75 Å². The number of amides is 1. The quantitative estimate of drug-likeness (QED) is 0.508. The first-order valence-corrected chi connectivity index (χ1v) is 10.9. The van der Waals surface area contributed by atoms with E-state index in [0.29, 0.717) is 24.3 Å². The fraction of sp³-hybridized carbons (Fsp3) is 0.316. The molecule has 0 spiro atoms. The fourth-order valence-electron chi connectivity index (χ4n) is 2.31. The number of hydrogen-bond acceptors (Lipinski definition) is 5. The Morgan fingerprint density at radius 2 is 1.85 bits per heavy atom. The van der Waals surface area contributed by atoms with Crippen molar-refractivity contribution in [2.45, 2.75) is 22.6 Å². The number of methoxy groups -OCH3 is 1. The van der Waals surface area contributed by atoms with E-state index < -0.39 is 10.0 Å². The molecule has 146 valence electrons. The largest absolute Gasteiger partial charge is 0.495 e. The molecule has 0 heterocycles. The van der Waals surface area contributed by atoms with E-state index in [1.54, 1.807) is 11.8 Å². The number of rotatable bonds is 9. The molecular weight excluding hydrogens is 384 g/mol. The Kier molecular flexibility index (Phi) is 7.70. The average Bonchev–Trinajstić information content (AvgIpc) is 2.66. The van der Waals surface area contributed by atoms with Crippen molar-refractivity contribution in [1.29, 1.82) is 0 Å². The molecule has 2 rings (SSSR count). The van der Waals surface area contributed by atoms with Crippen LogP contribution in [-0.2, 0) is 14.8 Å². The fourth-order valence-corrected chi connectivity index (χ4v) is 4.11. The molecule has 27 heavy (non-hydrogen) atoms. The van der Waals surface area contributed by atoms with Gasteiger partial charge in [-0.2, -0.15) is 0 Å². The Morgan fingerprint density at radius 1 is 1.15 bits per heavy atom.